The highest BCUT2D eigenvalue weighted by Crippen LogP contribution is 2.33. The summed E-state index contributed by atoms with van der Waals surface area (Å²) in [6, 6.07) is 20.4. The lowest BCUT2D eigenvalue weighted by atomic mass is 10.2. The predicted octanol–water partition coefficient (Wildman–Crippen LogP) is 4.83. The maximum absolute atomic E-state index is 12.3. The van der Waals surface area contributed by atoms with E-state index in [1.54, 1.807) is 18.2 Å². The number of rotatable bonds is 7. The molecule has 0 fully saturated rings. The van der Waals surface area contributed by atoms with E-state index in [4.69, 9.17) is 11.6 Å². The lowest BCUT2D eigenvalue weighted by Gasteiger charge is -2.07. The van der Waals surface area contributed by atoms with Gasteiger partial charge in [0.15, 0.2) is 0 Å². The van der Waals surface area contributed by atoms with Crippen molar-refractivity contribution in [2.45, 2.75) is 13.5 Å². The van der Waals surface area contributed by atoms with Crippen molar-refractivity contribution in [1.29, 1.82) is 0 Å². The van der Waals surface area contributed by atoms with Crippen LogP contribution >= 0.6 is 22.9 Å². The lowest BCUT2D eigenvalue weighted by molar-refractivity contribution is -0.116. The van der Waals surface area contributed by atoms with Gasteiger partial charge in [0.05, 0.1) is 17.1 Å². The number of carbonyl (C=O) groups excluding carboxylic acids is 1. The van der Waals surface area contributed by atoms with Gasteiger partial charge in [0, 0.05) is 29.3 Å². The first-order valence-corrected chi connectivity index (χ1v) is 11.5. The van der Waals surface area contributed by atoms with Crippen LogP contribution in [0.15, 0.2) is 77.6 Å². The molecule has 1 N–H and O–H groups in total. The molecule has 2 heterocycles. The van der Waals surface area contributed by atoms with Crippen LogP contribution in [0.1, 0.15) is 11.3 Å². The number of halogens is 1. The molecule has 0 spiro atoms. The SMILES string of the molecule is Cc1nc(-c2ccccc2)sc1-c1ccc(=O)n(CCNC(=O)/C=C/c2ccccc2Cl)n1. The Morgan fingerprint density at radius 1 is 1.09 bits per heavy atom. The first-order chi connectivity index (χ1) is 16.0. The maximum atomic E-state index is 12.3. The van der Waals surface area contributed by atoms with Gasteiger partial charge in [-0.15, -0.1) is 11.3 Å². The maximum Gasteiger partial charge on any atom is 0.266 e. The fourth-order valence-corrected chi connectivity index (χ4v) is 4.42. The van der Waals surface area contributed by atoms with Gasteiger partial charge in [-0.3, -0.25) is 9.59 Å². The summed E-state index contributed by atoms with van der Waals surface area (Å²) in [5.74, 6) is -0.273. The van der Waals surface area contributed by atoms with Gasteiger partial charge >= 0.3 is 0 Å². The molecular weight excluding hydrogens is 456 g/mol. The van der Waals surface area contributed by atoms with Crippen LogP contribution in [0, 0.1) is 6.92 Å². The molecule has 0 radical (unpaired) electrons. The van der Waals surface area contributed by atoms with Gasteiger partial charge in [-0.1, -0.05) is 60.1 Å². The summed E-state index contributed by atoms with van der Waals surface area (Å²) >= 11 is 7.63. The van der Waals surface area contributed by atoms with E-state index in [0.717, 1.165) is 26.7 Å². The van der Waals surface area contributed by atoms with Gasteiger partial charge in [0.25, 0.3) is 5.56 Å². The molecular formula is C25H21ClN4O2S. The van der Waals surface area contributed by atoms with Gasteiger partial charge in [0.2, 0.25) is 5.91 Å². The van der Waals surface area contributed by atoms with Crippen molar-refractivity contribution in [2.24, 2.45) is 0 Å². The smallest absolute Gasteiger partial charge is 0.266 e. The fourth-order valence-electron chi connectivity index (χ4n) is 3.19. The Morgan fingerprint density at radius 2 is 1.85 bits per heavy atom. The van der Waals surface area contributed by atoms with Gasteiger partial charge in [-0.2, -0.15) is 5.10 Å². The molecule has 0 bridgehead atoms. The Kier molecular flexibility index (Phi) is 7.12. The molecule has 166 valence electrons. The molecule has 0 aliphatic carbocycles. The van der Waals surface area contributed by atoms with E-state index in [-0.39, 0.29) is 24.6 Å². The molecule has 2 aromatic heterocycles. The predicted molar refractivity (Wildman–Crippen MR) is 133 cm³/mol. The van der Waals surface area contributed by atoms with Gasteiger partial charge in [-0.05, 0) is 30.7 Å². The number of nitrogens with zero attached hydrogens (tertiary/aromatic N) is 3. The van der Waals surface area contributed by atoms with Gasteiger partial charge in [-0.25, -0.2) is 9.67 Å². The highest BCUT2D eigenvalue weighted by molar-refractivity contribution is 7.18. The summed E-state index contributed by atoms with van der Waals surface area (Å²) in [6.07, 6.45) is 3.07. The van der Waals surface area contributed by atoms with Crippen LogP contribution in [-0.4, -0.2) is 27.2 Å². The third kappa shape index (κ3) is 5.63. The summed E-state index contributed by atoms with van der Waals surface area (Å²) in [7, 11) is 0. The standard InChI is InChI=1S/C25H21ClN4O2S/c1-17-24(33-25(28-17)19-8-3-2-4-9-19)21-12-14-23(32)30(29-21)16-15-27-22(31)13-11-18-7-5-6-10-20(18)26/h2-14H,15-16H2,1H3,(H,27,31)/b13-11+. The van der Waals surface area contributed by atoms with E-state index in [9.17, 15) is 9.59 Å². The Bertz CT molecular complexity index is 1360. The summed E-state index contributed by atoms with van der Waals surface area (Å²) in [5.41, 5.74) is 3.10. The van der Waals surface area contributed by atoms with Crippen LogP contribution in [0.25, 0.3) is 27.2 Å². The third-order valence-corrected chi connectivity index (χ3v) is 6.43. The number of nitrogens with one attached hydrogen (secondary N) is 1. The molecule has 0 aliphatic heterocycles. The number of carbonyl (C=O) groups is 1. The normalized spacial score (nSPS) is 11.1. The van der Waals surface area contributed by atoms with Crippen LogP contribution in [0.4, 0.5) is 0 Å². The topological polar surface area (TPSA) is 76.9 Å². The Morgan fingerprint density at radius 3 is 2.64 bits per heavy atom. The average molecular weight is 477 g/mol. The van der Waals surface area contributed by atoms with Crippen LogP contribution in [-0.2, 0) is 11.3 Å². The summed E-state index contributed by atoms with van der Waals surface area (Å²) in [4.78, 5) is 30.0. The minimum absolute atomic E-state index is 0.231. The first-order valence-electron chi connectivity index (χ1n) is 10.3. The number of thiazole rings is 1. The minimum atomic E-state index is -0.273. The lowest BCUT2D eigenvalue weighted by Crippen LogP contribution is -2.31. The van der Waals surface area contributed by atoms with E-state index < -0.39 is 0 Å². The Balaban J connectivity index is 1.43. The molecule has 33 heavy (non-hydrogen) atoms. The number of aromatic nitrogens is 3. The van der Waals surface area contributed by atoms with Crippen molar-refractivity contribution < 1.29 is 4.79 Å². The van der Waals surface area contributed by atoms with Crippen LogP contribution in [0.3, 0.4) is 0 Å². The molecule has 4 rings (SSSR count). The average Bonchev–Trinajstić information content (AvgIpc) is 3.22. The summed E-state index contributed by atoms with van der Waals surface area (Å²) in [5, 5.41) is 8.74. The van der Waals surface area contributed by atoms with E-state index >= 15 is 0 Å². The van der Waals surface area contributed by atoms with Crippen molar-refractivity contribution in [1.82, 2.24) is 20.1 Å². The number of hydrogen-bond acceptors (Lipinski definition) is 5. The molecule has 0 aliphatic rings. The molecule has 8 heteroatoms. The highest BCUT2D eigenvalue weighted by atomic mass is 35.5. The second kappa shape index (κ2) is 10.4. The quantitative estimate of drug-likeness (QED) is 0.388. The minimum Gasteiger partial charge on any atom is -0.351 e. The molecule has 0 unspecified atom stereocenters. The van der Waals surface area contributed by atoms with Crippen LogP contribution < -0.4 is 10.9 Å². The molecule has 0 saturated heterocycles. The monoisotopic (exact) mass is 476 g/mol. The molecule has 4 aromatic rings. The number of hydrogen-bond donors (Lipinski definition) is 1. The van der Waals surface area contributed by atoms with Crippen molar-refractivity contribution in [3.05, 3.63) is 99.4 Å². The van der Waals surface area contributed by atoms with E-state index in [2.05, 4.69) is 15.4 Å². The summed E-state index contributed by atoms with van der Waals surface area (Å²) < 4.78 is 1.36. The molecule has 6 nitrogen and oxygen atoms in total. The van der Waals surface area contributed by atoms with E-state index in [0.29, 0.717) is 10.7 Å². The van der Waals surface area contributed by atoms with Crippen molar-refractivity contribution in [3.63, 3.8) is 0 Å². The zero-order chi connectivity index (χ0) is 23.2. The fraction of sp³-hybridized carbons (Fsp3) is 0.120. The second-order valence-electron chi connectivity index (χ2n) is 7.23. The number of benzene rings is 2. The molecule has 2 aromatic carbocycles. The largest absolute Gasteiger partial charge is 0.351 e. The van der Waals surface area contributed by atoms with Crippen molar-refractivity contribution in [3.8, 4) is 21.1 Å². The van der Waals surface area contributed by atoms with Crippen molar-refractivity contribution >= 4 is 34.9 Å². The first kappa shape index (κ1) is 22.6. The van der Waals surface area contributed by atoms with Crippen LogP contribution in [0.2, 0.25) is 5.02 Å². The van der Waals surface area contributed by atoms with E-state index in [1.807, 2.05) is 55.5 Å². The molecule has 1 amide bonds. The Labute approximate surface area is 200 Å². The molecule has 0 saturated carbocycles. The zero-order valence-corrected chi connectivity index (χ0v) is 19.4. The highest BCUT2D eigenvalue weighted by Gasteiger charge is 2.13. The summed E-state index contributed by atoms with van der Waals surface area (Å²) in [6.45, 7) is 2.45. The Hall–Kier alpha value is -3.55. The third-order valence-electron chi connectivity index (χ3n) is 4.86. The van der Waals surface area contributed by atoms with Gasteiger partial charge in [0.1, 0.15) is 10.7 Å². The van der Waals surface area contributed by atoms with Crippen molar-refractivity contribution in [2.75, 3.05) is 6.54 Å². The van der Waals surface area contributed by atoms with Crippen LogP contribution in [0.5, 0.6) is 0 Å². The second-order valence-corrected chi connectivity index (χ2v) is 8.63. The number of aryl methyl sites for hydroxylation is 1. The van der Waals surface area contributed by atoms with Gasteiger partial charge < -0.3 is 5.32 Å². The zero-order valence-electron chi connectivity index (χ0n) is 17.9. The number of amides is 1. The molecule has 0 atom stereocenters. The van der Waals surface area contributed by atoms with E-state index in [1.165, 1.54) is 28.2 Å².